The van der Waals surface area contributed by atoms with Gasteiger partial charge in [-0.15, -0.1) is 11.3 Å². The third kappa shape index (κ3) is 4.03. The maximum atomic E-state index is 6.48. The topological polar surface area (TPSA) is 21.3 Å². The van der Waals surface area contributed by atoms with Crippen LogP contribution in [0.25, 0.3) is 65.6 Å². The quantitative estimate of drug-likeness (QED) is 0.188. The average molecular weight is 659 g/mol. The van der Waals surface area contributed by atoms with Crippen LogP contribution < -0.4 is 4.90 Å². The molecule has 0 amide bonds. The number of para-hydroxylation sites is 3. The molecule has 2 aliphatic rings. The van der Waals surface area contributed by atoms with Crippen LogP contribution in [0.1, 0.15) is 16.4 Å². The molecule has 0 N–H and O–H groups in total. The van der Waals surface area contributed by atoms with Gasteiger partial charge in [0.25, 0.3) is 0 Å². The molecule has 9 aromatic rings. The number of allylic oxidation sites excluding steroid dienone is 4. The molecule has 3 heterocycles. The van der Waals surface area contributed by atoms with Gasteiger partial charge < -0.3 is 13.9 Å². The molecule has 2 atom stereocenters. The van der Waals surface area contributed by atoms with Crippen LogP contribution in [0.4, 0.5) is 11.4 Å². The van der Waals surface area contributed by atoms with E-state index in [9.17, 15) is 0 Å². The molecule has 2 unspecified atom stereocenters. The van der Waals surface area contributed by atoms with Crippen molar-refractivity contribution in [3.05, 3.63) is 180 Å². The average Bonchev–Trinajstić information content (AvgIpc) is 3.84. The lowest BCUT2D eigenvalue weighted by atomic mass is 9.76. The number of thiophene rings is 1. The molecule has 4 heteroatoms. The van der Waals surface area contributed by atoms with Gasteiger partial charge in [-0.1, -0.05) is 103 Å². The lowest BCUT2D eigenvalue weighted by Gasteiger charge is -2.38. The molecule has 11 rings (SSSR count). The van der Waals surface area contributed by atoms with Crippen molar-refractivity contribution in [3.63, 3.8) is 0 Å². The van der Waals surface area contributed by atoms with Crippen LogP contribution >= 0.6 is 11.3 Å². The molecule has 0 saturated heterocycles. The number of fused-ring (bicyclic) bond motifs is 11. The summed E-state index contributed by atoms with van der Waals surface area (Å²) in [5.41, 5.74) is 10.2. The molecule has 0 radical (unpaired) electrons. The van der Waals surface area contributed by atoms with Gasteiger partial charge in [-0.05, 0) is 71.6 Å². The molecule has 0 fully saturated rings. The van der Waals surface area contributed by atoms with E-state index >= 15 is 0 Å². The third-order valence-corrected chi connectivity index (χ3v) is 11.7. The number of aromatic nitrogens is 1. The smallest absolute Gasteiger partial charge is 0.137 e. The van der Waals surface area contributed by atoms with Crippen molar-refractivity contribution in [3.8, 4) is 5.69 Å². The van der Waals surface area contributed by atoms with Gasteiger partial charge in [0.1, 0.15) is 11.2 Å². The van der Waals surface area contributed by atoms with E-state index in [0.29, 0.717) is 0 Å². The SMILES string of the molecule is C1=CC2C(N(c3ccc4c(c3)oc3ccccc34)c3ccc4c5ccccc5n(-c5ccccc5)c4c3)=Cc3sc4ccccc4c3C2C=C1. The van der Waals surface area contributed by atoms with Crippen molar-refractivity contribution in [1.29, 1.82) is 0 Å². The Balaban J connectivity index is 1.20. The highest BCUT2D eigenvalue weighted by atomic mass is 32.1. The molecule has 3 nitrogen and oxygen atoms in total. The normalized spacial score (nSPS) is 16.8. The zero-order valence-electron chi connectivity index (χ0n) is 27.0. The number of anilines is 2. The predicted molar refractivity (Wildman–Crippen MR) is 211 cm³/mol. The molecular formula is C46H30N2OS. The van der Waals surface area contributed by atoms with E-state index in [1.165, 1.54) is 48.0 Å². The Hall–Kier alpha value is -6.10. The molecular weight excluding hydrogens is 629 g/mol. The number of benzene rings is 6. The summed E-state index contributed by atoms with van der Waals surface area (Å²) in [7, 11) is 0. The van der Waals surface area contributed by atoms with Gasteiger partial charge in [0.15, 0.2) is 0 Å². The summed E-state index contributed by atoms with van der Waals surface area (Å²) in [5.74, 6) is 0.399. The summed E-state index contributed by atoms with van der Waals surface area (Å²) in [6, 6.07) is 50.3. The third-order valence-electron chi connectivity index (χ3n) is 10.6. The Kier molecular flexibility index (Phi) is 5.95. The first kappa shape index (κ1) is 27.8. The van der Waals surface area contributed by atoms with Crippen molar-refractivity contribution in [2.75, 3.05) is 4.90 Å². The predicted octanol–water partition coefficient (Wildman–Crippen LogP) is 12.9. The summed E-state index contributed by atoms with van der Waals surface area (Å²) in [5, 5.41) is 6.12. The van der Waals surface area contributed by atoms with E-state index < -0.39 is 0 Å². The van der Waals surface area contributed by atoms with Crippen LogP contribution in [0, 0.1) is 5.92 Å². The highest BCUT2D eigenvalue weighted by Crippen LogP contribution is 2.52. The first-order valence-electron chi connectivity index (χ1n) is 17.2. The van der Waals surface area contributed by atoms with Crippen molar-refractivity contribution < 1.29 is 4.42 Å². The van der Waals surface area contributed by atoms with Crippen LogP contribution in [-0.2, 0) is 0 Å². The Morgan fingerprint density at radius 1 is 0.540 bits per heavy atom. The lowest BCUT2D eigenvalue weighted by molar-refractivity contribution is 0.648. The van der Waals surface area contributed by atoms with Crippen LogP contribution in [0.15, 0.2) is 174 Å². The first-order chi connectivity index (χ1) is 24.8. The summed E-state index contributed by atoms with van der Waals surface area (Å²) in [4.78, 5) is 3.81. The molecule has 0 bridgehead atoms. The first-order valence-corrected chi connectivity index (χ1v) is 18.0. The van der Waals surface area contributed by atoms with Crippen molar-refractivity contribution in [2.45, 2.75) is 5.92 Å². The molecule has 0 aliphatic heterocycles. The zero-order chi connectivity index (χ0) is 32.8. The van der Waals surface area contributed by atoms with Gasteiger partial charge >= 0.3 is 0 Å². The van der Waals surface area contributed by atoms with Crippen LogP contribution in [0.3, 0.4) is 0 Å². The highest BCUT2D eigenvalue weighted by molar-refractivity contribution is 7.20. The fraction of sp³-hybridized carbons (Fsp3) is 0.0435. The van der Waals surface area contributed by atoms with Crippen molar-refractivity contribution >= 4 is 82.6 Å². The molecule has 6 aromatic carbocycles. The molecule has 236 valence electrons. The van der Waals surface area contributed by atoms with Crippen LogP contribution in [0.2, 0.25) is 0 Å². The second-order valence-corrected chi connectivity index (χ2v) is 14.4. The molecule has 0 saturated carbocycles. The van der Waals surface area contributed by atoms with E-state index in [4.69, 9.17) is 4.42 Å². The highest BCUT2D eigenvalue weighted by Gasteiger charge is 2.36. The summed E-state index contributed by atoms with van der Waals surface area (Å²) in [6.45, 7) is 0. The Labute approximate surface area is 292 Å². The van der Waals surface area contributed by atoms with Gasteiger partial charge in [-0.25, -0.2) is 0 Å². The second kappa shape index (κ2) is 10.7. The van der Waals surface area contributed by atoms with E-state index in [1.54, 1.807) is 0 Å². The minimum Gasteiger partial charge on any atom is -0.456 e. The zero-order valence-corrected chi connectivity index (χ0v) is 27.8. The number of furan rings is 1. The summed E-state index contributed by atoms with van der Waals surface area (Å²) in [6.07, 6.45) is 11.7. The van der Waals surface area contributed by atoms with Crippen molar-refractivity contribution in [2.24, 2.45) is 5.92 Å². The Bertz CT molecular complexity index is 2900. The van der Waals surface area contributed by atoms with Gasteiger partial charge in [0.05, 0.1) is 11.0 Å². The molecule has 2 aliphatic carbocycles. The summed E-state index contributed by atoms with van der Waals surface area (Å²) >= 11 is 1.89. The largest absolute Gasteiger partial charge is 0.456 e. The van der Waals surface area contributed by atoms with Gasteiger partial charge in [-0.3, -0.25) is 0 Å². The number of hydrogen-bond donors (Lipinski definition) is 0. The van der Waals surface area contributed by atoms with E-state index in [2.05, 4.69) is 173 Å². The number of hydrogen-bond acceptors (Lipinski definition) is 3. The minimum atomic E-state index is 0.160. The number of nitrogens with zero attached hydrogens (tertiary/aromatic N) is 2. The standard InChI is InChI=1S/C46H30N2OS/c1-2-12-29(13-3-1)48-39-19-9-6-14-32(39)34-24-22-30(26-40(34)48)47(31-23-25-36-35-16-7-10-20-42(35)49-43(36)27-31)41-28-45-46(37-17-5-4-15-33(37)41)38-18-8-11-21-44(38)50-45/h1-28,33,37H. The summed E-state index contributed by atoms with van der Waals surface area (Å²) < 4.78 is 10.2. The maximum absolute atomic E-state index is 6.48. The van der Waals surface area contributed by atoms with Crippen molar-refractivity contribution in [1.82, 2.24) is 4.57 Å². The fourth-order valence-electron chi connectivity index (χ4n) is 8.40. The van der Waals surface area contributed by atoms with Gasteiger partial charge in [0, 0.05) is 71.8 Å². The van der Waals surface area contributed by atoms with E-state index in [-0.39, 0.29) is 11.8 Å². The lowest BCUT2D eigenvalue weighted by Crippen LogP contribution is -2.28. The van der Waals surface area contributed by atoms with E-state index in [0.717, 1.165) is 39.0 Å². The van der Waals surface area contributed by atoms with Crippen LogP contribution in [-0.4, -0.2) is 4.57 Å². The monoisotopic (exact) mass is 658 g/mol. The molecule has 0 spiro atoms. The molecule has 50 heavy (non-hydrogen) atoms. The maximum Gasteiger partial charge on any atom is 0.137 e. The Morgan fingerprint density at radius 2 is 1.20 bits per heavy atom. The number of rotatable bonds is 4. The van der Waals surface area contributed by atoms with Crippen LogP contribution in [0.5, 0.6) is 0 Å². The van der Waals surface area contributed by atoms with Gasteiger partial charge in [0.2, 0.25) is 0 Å². The molecule has 3 aromatic heterocycles. The second-order valence-electron chi connectivity index (χ2n) is 13.3. The van der Waals surface area contributed by atoms with Gasteiger partial charge in [-0.2, -0.15) is 0 Å². The van der Waals surface area contributed by atoms with E-state index in [1.807, 2.05) is 17.4 Å². The fourth-order valence-corrected chi connectivity index (χ4v) is 9.61. The Morgan fingerprint density at radius 3 is 2.08 bits per heavy atom. The minimum absolute atomic E-state index is 0.160.